The third kappa shape index (κ3) is 3.93. The van der Waals surface area contributed by atoms with Crippen molar-refractivity contribution in [2.75, 3.05) is 27.2 Å². The average molecular weight is 264 g/mol. The lowest BCUT2D eigenvalue weighted by Gasteiger charge is -2.25. The number of hydrogen-bond acceptors (Lipinski definition) is 3. The Balaban J connectivity index is 2.58. The van der Waals surface area contributed by atoms with E-state index in [4.69, 9.17) is 5.11 Å². The van der Waals surface area contributed by atoms with Crippen LogP contribution in [0.1, 0.15) is 19.8 Å². The van der Waals surface area contributed by atoms with Crippen LogP contribution in [-0.4, -0.2) is 55.3 Å². The van der Waals surface area contributed by atoms with Gasteiger partial charge in [0.25, 0.3) is 10.2 Å². The predicted molar refractivity (Wildman–Crippen MR) is 63.7 cm³/mol. The molecule has 1 aliphatic carbocycles. The zero-order chi connectivity index (χ0) is 13.2. The first-order chi connectivity index (χ1) is 7.75. The minimum atomic E-state index is -3.52. The van der Waals surface area contributed by atoms with Gasteiger partial charge in [-0.25, -0.2) is 0 Å². The Bertz CT molecular complexity index is 378. The van der Waals surface area contributed by atoms with Crippen LogP contribution < -0.4 is 0 Å². The zero-order valence-corrected chi connectivity index (χ0v) is 11.3. The van der Waals surface area contributed by atoms with Crippen molar-refractivity contribution in [1.29, 1.82) is 0 Å². The summed E-state index contributed by atoms with van der Waals surface area (Å²) in [6.45, 7) is 2.01. The summed E-state index contributed by atoms with van der Waals surface area (Å²) < 4.78 is 26.4. The first-order valence-corrected chi connectivity index (χ1v) is 7.05. The summed E-state index contributed by atoms with van der Waals surface area (Å²) in [5.74, 6) is -1.22. The van der Waals surface area contributed by atoms with Crippen molar-refractivity contribution in [2.45, 2.75) is 19.8 Å². The van der Waals surface area contributed by atoms with Crippen LogP contribution in [0.15, 0.2) is 0 Å². The van der Waals surface area contributed by atoms with Gasteiger partial charge in [-0.3, -0.25) is 4.79 Å². The lowest BCUT2D eigenvalue weighted by Crippen LogP contribution is -2.43. The Kier molecular flexibility index (Phi) is 4.51. The largest absolute Gasteiger partial charge is 0.481 e. The minimum absolute atomic E-state index is 0.00727. The Morgan fingerprint density at radius 1 is 1.35 bits per heavy atom. The van der Waals surface area contributed by atoms with E-state index in [1.807, 2.05) is 0 Å². The summed E-state index contributed by atoms with van der Waals surface area (Å²) in [7, 11) is -0.567. The quantitative estimate of drug-likeness (QED) is 0.714. The molecule has 0 amide bonds. The normalized spacial score (nSPS) is 18.6. The molecule has 0 aliphatic heterocycles. The van der Waals surface area contributed by atoms with E-state index < -0.39 is 22.1 Å². The van der Waals surface area contributed by atoms with Crippen LogP contribution in [0.5, 0.6) is 0 Å². The summed E-state index contributed by atoms with van der Waals surface area (Å²) in [6, 6.07) is 0. The lowest BCUT2D eigenvalue weighted by atomic mass is 10.2. The Labute approximate surface area is 102 Å². The van der Waals surface area contributed by atoms with E-state index in [1.165, 1.54) is 25.3 Å². The molecule has 1 atom stereocenters. The van der Waals surface area contributed by atoms with Crippen molar-refractivity contribution in [2.24, 2.45) is 11.8 Å². The van der Waals surface area contributed by atoms with Crippen molar-refractivity contribution >= 4 is 16.2 Å². The van der Waals surface area contributed by atoms with Crippen LogP contribution in [0.25, 0.3) is 0 Å². The van der Waals surface area contributed by atoms with Crippen molar-refractivity contribution in [3.8, 4) is 0 Å². The van der Waals surface area contributed by atoms with Crippen LogP contribution in [-0.2, 0) is 15.0 Å². The van der Waals surface area contributed by atoms with E-state index in [1.54, 1.807) is 0 Å². The molecular weight excluding hydrogens is 244 g/mol. The number of carboxylic acid groups (broad SMARTS) is 1. The molecule has 0 aromatic carbocycles. The third-order valence-electron chi connectivity index (χ3n) is 2.95. The molecule has 0 aromatic heterocycles. The summed E-state index contributed by atoms with van der Waals surface area (Å²) in [6.07, 6.45) is 2.16. The molecule has 0 saturated heterocycles. The number of aliphatic carboxylic acids is 1. The second-order valence-electron chi connectivity index (χ2n) is 4.75. The maximum atomic E-state index is 12.0. The van der Waals surface area contributed by atoms with E-state index in [0.29, 0.717) is 12.5 Å². The molecule has 1 saturated carbocycles. The first-order valence-electron chi connectivity index (χ1n) is 5.65. The molecule has 100 valence electrons. The fourth-order valence-corrected chi connectivity index (χ4v) is 2.84. The van der Waals surface area contributed by atoms with E-state index in [2.05, 4.69) is 0 Å². The molecule has 0 spiro atoms. The molecule has 0 aromatic rings. The van der Waals surface area contributed by atoms with Gasteiger partial charge in [0.1, 0.15) is 0 Å². The number of hydrogen-bond donors (Lipinski definition) is 1. The Hall–Kier alpha value is -0.660. The second-order valence-corrected chi connectivity index (χ2v) is 6.89. The monoisotopic (exact) mass is 264 g/mol. The van der Waals surface area contributed by atoms with Crippen molar-refractivity contribution < 1.29 is 18.3 Å². The molecule has 0 heterocycles. The number of carboxylic acids is 1. The van der Waals surface area contributed by atoms with Crippen molar-refractivity contribution in [3.05, 3.63) is 0 Å². The molecule has 7 heteroatoms. The molecule has 0 bridgehead atoms. The van der Waals surface area contributed by atoms with Crippen molar-refractivity contribution in [1.82, 2.24) is 8.61 Å². The molecule has 1 N–H and O–H groups in total. The highest BCUT2D eigenvalue weighted by molar-refractivity contribution is 7.86. The SMILES string of the molecule is CC(CN(C)S(=O)(=O)N(C)CC1CC1)C(=O)O. The summed E-state index contributed by atoms with van der Waals surface area (Å²) in [4.78, 5) is 10.7. The lowest BCUT2D eigenvalue weighted by molar-refractivity contribution is -0.141. The van der Waals surface area contributed by atoms with Crippen LogP contribution in [0.3, 0.4) is 0 Å². The summed E-state index contributed by atoms with van der Waals surface area (Å²) >= 11 is 0. The second kappa shape index (κ2) is 5.32. The molecule has 1 aliphatic rings. The van der Waals surface area contributed by atoms with Crippen LogP contribution in [0.2, 0.25) is 0 Å². The highest BCUT2D eigenvalue weighted by Crippen LogP contribution is 2.30. The standard InChI is InChI=1S/C10H20N2O4S/c1-8(10(13)14)6-11(2)17(15,16)12(3)7-9-4-5-9/h8-9H,4-7H2,1-3H3,(H,13,14). The Morgan fingerprint density at radius 3 is 2.29 bits per heavy atom. The third-order valence-corrected chi connectivity index (χ3v) is 4.83. The van der Waals surface area contributed by atoms with E-state index in [0.717, 1.165) is 17.1 Å². The average Bonchev–Trinajstić information content (AvgIpc) is 3.00. The summed E-state index contributed by atoms with van der Waals surface area (Å²) in [5, 5.41) is 8.76. The van der Waals surface area contributed by atoms with Gasteiger partial charge in [-0.2, -0.15) is 17.0 Å². The maximum Gasteiger partial charge on any atom is 0.307 e. The molecule has 17 heavy (non-hydrogen) atoms. The highest BCUT2D eigenvalue weighted by atomic mass is 32.2. The minimum Gasteiger partial charge on any atom is -0.481 e. The van der Waals surface area contributed by atoms with Gasteiger partial charge in [-0.15, -0.1) is 0 Å². The van der Waals surface area contributed by atoms with Gasteiger partial charge in [-0.05, 0) is 18.8 Å². The van der Waals surface area contributed by atoms with Gasteiger partial charge in [0.05, 0.1) is 5.92 Å². The van der Waals surface area contributed by atoms with Gasteiger partial charge < -0.3 is 5.11 Å². The molecule has 1 rings (SSSR count). The van der Waals surface area contributed by atoms with Gasteiger partial charge in [0, 0.05) is 27.2 Å². The molecular formula is C10H20N2O4S. The van der Waals surface area contributed by atoms with Gasteiger partial charge in [0.15, 0.2) is 0 Å². The molecule has 1 fully saturated rings. The topological polar surface area (TPSA) is 77.9 Å². The van der Waals surface area contributed by atoms with Crippen LogP contribution in [0.4, 0.5) is 0 Å². The summed E-state index contributed by atoms with van der Waals surface area (Å²) in [5.41, 5.74) is 0. The van der Waals surface area contributed by atoms with Gasteiger partial charge in [-0.1, -0.05) is 6.92 Å². The Morgan fingerprint density at radius 2 is 1.88 bits per heavy atom. The van der Waals surface area contributed by atoms with Gasteiger partial charge in [0.2, 0.25) is 0 Å². The molecule has 1 unspecified atom stereocenters. The molecule has 6 nitrogen and oxygen atoms in total. The van der Waals surface area contributed by atoms with Crippen molar-refractivity contribution in [3.63, 3.8) is 0 Å². The fraction of sp³-hybridized carbons (Fsp3) is 0.900. The first kappa shape index (κ1) is 14.4. The van der Waals surface area contributed by atoms with Gasteiger partial charge >= 0.3 is 5.97 Å². The predicted octanol–water partition coefficient (Wildman–Crippen LogP) is 0.226. The van der Waals surface area contributed by atoms with E-state index in [-0.39, 0.29) is 6.54 Å². The highest BCUT2D eigenvalue weighted by Gasteiger charge is 2.31. The van der Waals surface area contributed by atoms with Crippen LogP contribution in [0, 0.1) is 11.8 Å². The van der Waals surface area contributed by atoms with E-state index in [9.17, 15) is 13.2 Å². The zero-order valence-electron chi connectivity index (χ0n) is 10.5. The van der Waals surface area contributed by atoms with Crippen LogP contribution >= 0.6 is 0 Å². The smallest absolute Gasteiger partial charge is 0.307 e. The number of nitrogens with zero attached hydrogens (tertiary/aromatic N) is 2. The maximum absolute atomic E-state index is 12.0. The number of carbonyl (C=O) groups is 1. The van der Waals surface area contributed by atoms with E-state index >= 15 is 0 Å². The molecule has 0 radical (unpaired) electrons. The fourth-order valence-electron chi connectivity index (χ4n) is 1.55. The number of rotatable bonds is 7.